The highest BCUT2D eigenvalue weighted by molar-refractivity contribution is 5.25. The SMILES string of the molecule is COc1nc(NN)nc(OCc2ccccc2F)n1. The Bertz CT molecular complexity index is 544. The fraction of sp³-hybridized carbons (Fsp3) is 0.182. The fourth-order valence-electron chi connectivity index (χ4n) is 1.32. The molecule has 3 N–H and O–H groups in total. The van der Waals surface area contributed by atoms with Gasteiger partial charge in [-0.25, -0.2) is 10.2 Å². The summed E-state index contributed by atoms with van der Waals surface area (Å²) in [5.74, 6) is 4.93. The Kier molecular flexibility index (Phi) is 4.04. The molecule has 1 aromatic heterocycles. The lowest BCUT2D eigenvalue weighted by atomic mass is 10.2. The second-order valence-electron chi connectivity index (χ2n) is 3.45. The van der Waals surface area contributed by atoms with Crippen molar-refractivity contribution >= 4 is 5.95 Å². The van der Waals surface area contributed by atoms with Crippen LogP contribution < -0.4 is 20.7 Å². The van der Waals surface area contributed by atoms with Crippen molar-refractivity contribution in [3.05, 3.63) is 35.6 Å². The zero-order valence-corrected chi connectivity index (χ0v) is 10.1. The van der Waals surface area contributed by atoms with E-state index in [1.54, 1.807) is 18.2 Å². The van der Waals surface area contributed by atoms with E-state index in [9.17, 15) is 4.39 Å². The summed E-state index contributed by atoms with van der Waals surface area (Å²) in [7, 11) is 1.40. The Morgan fingerprint density at radius 3 is 2.63 bits per heavy atom. The Morgan fingerprint density at radius 2 is 1.95 bits per heavy atom. The summed E-state index contributed by atoms with van der Waals surface area (Å²) >= 11 is 0. The van der Waals surface area contributed by atoms with Crippen molar-refractivity contribution in [2.45, 2.75) is 6.61 Å². The largest absolute Gasteiger partial charge is 0.467 e. The summed E-state index contributed by atoms with van der Waals surface area (Å²) in [6, 6.07) is 6.30. The normalized spacial score (nSPS) is 10.1. The number of benzene rings is 1. The van der Waals surface area contributed by atoms with Crippen LogP contribution in [-0.2, 0) is 6.61 Å². The lowest BCUT2D eigenvalue weighted by Gasteiger charge is -2.07. The first-order valence-electron chi connectivity index (χ1n) is 5.36. The summed E-state index contributed by atoms with van der Waals surface area (Å²) in [5, 5.41) is 0. The first-order chi connectivity index (χ1) is 9.22. The molecule has 0 aliphatic rings. The quantitative estimate of drug-likeness (QED) is 0.612. The van der Waals surface area contributed by atoms with E-state index in [1.807, 2.05) is 0 Å². The van der Waals surface area contributed by atoms with Crippen molar-refractivity contribution in [2.75, 3.05) is 12.5 Å². The van der Waals surface area contributed by atoms with E-state index >= 15 is 0 Å². The third-order valence-electron chi connectivity index (χ3n) is 2.22. The fourth-order valence-corrected chi connectivity index (χ4v) is 1.32. The third kappa shape index (κ3) is 3.26. The van der Waals surface area contributed by atoms with Crippen LogP contribution in [0.2, 0.25) is 0 Å². The molecule has 2 rings (SSSR count). The first kappa shape index (κ1) is 13.0. The van der Waals surface area contributed by atoms with Crippen molar-refractivity contribution in [3.8, 4) is 12.0 Å². The summed E-state index contributed by atoms with van der Waals surface area (Å²) in [5.41, 5.74) is 2.65. The molecule has 0 radical (unpaired) electrons. The number of hydrogen-bond donors (Lipinski definition) is 2. The average Bonchev–Trinajstić information content (AvgIpc) is 2.46. The number of nitrogens with two attached hydrogens (primary N) is 1. The molecule has 0 fully saturated rings. The second-order valence-corrected chi connectivity index (χ2v) is 3.45. The van der Waals surface area contributed by atoms with Crippen LogP contribution in [0.15, 0.2) is 24.3 Å². The highest BCUT2D eigenvalue weighted by Crippen LogP contribution is 2.14. The van der Waals surface area contributed by atoms with Gasteiger partial charge in [-0.3, -0.25) is 5.43 Å². The summed E-state index contributed by atoms with van der Waals surface area (Å²) < 4.78 is 23.5. The van der Waals surface area contributed by atoms with Crippen molar-refractivity contribution in [3.63, 3.8) is 0 Å². The van der Waals surface area contributed by atoms with Crippen LogP contribution in [0.5, 0.6) is 12.0 Å². The summed E-state index contributed by atoms with van der Waals surface area (Å²) in [4.78, 5) is 11.5. The smallest absolute Gasteiger partial charge is 0.324 e. The molecule has 0 amide bonds. The monoisotopic (exact) mass is 265 g/mol. The van der Waals surface area contributed by atoms with E-state index in [4.69, 9.17) is 15.3 Å². The lowest BCUT2D eigenvalue weighted by molar-refractivity contribution is 0.266. The number of nitrogens with zero attached hydrogens (tertiary/aromatic N) is 3. The van der Waals surface area contributed by atoms with Gasteiger partial charge in [0.15, 0.2) is 0 Å². The topological polar surface area (TPSA) is 95.2 Å². The molecule has 19 heavy (non-hydrogen) atoms. The minimum atomic E-state index is -0.360. The van der Waals surface area contributed by atoms with Crippen LogP contribution in [0.1, 0.15) is 5.56 Å². The van der Waals surface area contributed by atoms with Crippen molar-refractivity contribution in [1.82, 2.24) is 15.0 Å². The number of anilines is 1. The highest BCUT2D eigenvalue weighted by atomic mass is 19.1. The number of hydrogen-bond acceptors (Lipinski definition) is 7. The number of nitrogens with one attached hydrogen (secondary N) is 1. The van der Waals surface area contributed by atoms with E-state index in [0.717, 1.165) is 0 Å². The van der Waals surface area contributed by atoms with Gasteiger partial charge >= 0.3 is 12.0 Å². The minimum absolute atomic E-state index is 0.0101. The molecule has 0 aliphatic carbocycles. The van der Waals surface area contributed by atoms with Gasteiger partial charge in [-0.15, -0.1) is 4.98 Å². The van der Waals surface area contributed by atoms with Crippen LogP contribution in [-0.4, -0.2) is 22.1 Å². The molecule has 0 aliphatic heterocycles. The van der Waals surface area contributed by atoms with Crippen LogP contribution in [0, 0.1) is 5.82 Å². The van der Waals surface area contributed by atoms with Gasteiger partial charge in [0.25, 0.3) is 0 Å². The zero-order chi connectivity index (χ0) is 13.7. The predicted molar refractivity (Wildman–Crippen MR) is 64.9 cm³/mol. The number of rotatable bonds is 5. The molecule has 8 heteroatoms. The van der Waals surface area contributed by atoms with Crippen LogP contribution in [0.3, 0.4) is 0 Å². The minimum Gasteiger partial charge on any atom is -0.467 e. The van der Waals surface area contributed by atoms with Crippen LogP contribution in [0.25, 0.3) is 0 Å². The third-order valence-corrected chi connectivity index (χ3v) is 2.22. The number of nitrogen functional groups attached to an aromatic ring is 1. The Labute approximate surface area is 108 Å². The van der Waals surface area contributed by atoms with Crippen LogP contribution in [0.4, 0.5) is 10.3 Å². The van der Waals surface area contributed by atoms with Gasteiger partial charge in [0.1, 0.15) is 12.4 Å². The van der Waals surface area contributed by atoms with E-state index in [0.29, 0.717) is 5.56 Å². The number of hydrazine groups is 1. The van der Waals surface area contributed by atoms with Crippen LogP contribution >= 0.6 is 0 Å². The average molecular weight is 265 g/mol. The first-order valence-corrected chi connectivity index (χ1v) is 5.36. The molecular weight excluding hydrogens is 253 g/mol. The number of ether oxygens (including phenoxy) is 2. The highest BCUT2D eigenvalue weighted by Gasteiger charge is 2.08. The van der Waals surface area contributed by atoms with E-state index < -0.39 is 0 Å². The van der Waals surface area contributed by atoms with Gasteiger partial charge in [-0.1, -0.05) is 18.2 Å². The number of methoxy groups -OCH3 is 1. The zero-order valence-electron chi connectivity index (χ0n) is 10.1. The molecule has 7 nitrogen and oxygen atoms in total. The van der Waals surface area contributed by atoms with Crippen molar-refractivity contribution in [2.24, 2.45) is 5.84 Å². The number of halogens is 1. The van der Waals surface area contributed by atoms with Gasteiger partial charge in [-0.05, 0) is 6.07 Å². The molecule has 0 spiro atoms. The van der Waals surface area contributed by atoms with Gasteiger partial charge in [0.05, 0.1) is 7.11 Å². The maximum Gasteiger partial charge on any atom is 0.324 e. The Hall–Kier alpha value is -2.48. The maximum absolute atomic E-state index is 13.4. The van der Waals surface area contributed by atoms with E-state index in [1.165, 1.54) is 13.2 Å². The second kappa shape index (κ2) is 5.91. The van der Waals surface area contributed by atoms with E-state index in [-0.39, 0.29) is 30.4 Å². The molecule has 0 saturated heterocycles. The standard InChI is InChI=1S/C11H12FN5O2/c1-18-10-14-9(17-13)15-11(16-10)19-6-7-4-2-3-5-8(7)12/h2-5H,6,13H2,1H3,(H,14,15,16,17). The summed E-state index contributed by atoms with van der Waals surface area (Å²) in [6.45, 7) is -0.0101. The van der Waals surface area contributed by atoms with E-state index in [2.05, 4.69) is 20.4 Å². The Morgan fingerprint density at radius 1 is 1.21 bits per heavy atom. The van der Waals surface area contributed by atoms with Gasteiger partial charge in [-0.2, -0.15) is 9.97 Å². The molecule has 100 valence electrons. The summed E-state index contributed by atoms with van der Waals surface area (Å²) in [6.07, 6.45) is 0. The molecule has 0 bridgehead atoms. The van der Waals surface area contributed by atoms with Crippen molar-refractivity contribution in [1.29, 1.82) is 0 Å². The number of aromatic nitrogens is 3. The maximum atomic E-state index is 13.4. The van der Waals surface area contributed by atoms with Gasteiger partial charge in [0, 0.05) is 5.56 Å². The Balaban J connectivity index is 2.13. The molecule has 2 aromatic rings. The lowest BCUT2D eigenvalue weighted by Crippen LogP contribution is -2.13. The molecule has 1 heterocycles. The predicted octanol–water partition coefficient (Wildman–Crippen LogP) is 0.884. The molecule has 0 unspecified atom stereocenters. The van der Waals surface area contributed by atoms with Gasteiger partial charge in [0.2, 0.25) is 5.95 Å². The van der Waals surface area contributed by atoms with Gasteiger partial charge < -0.3 is 9.47 Å². The van der Waals surface area contributed by atoms with Crippen molar-refractivity contribution < 1.29 is 13.9 Å². The molecule has 0 saturated carbocycles. The molecule has 0 atom stereocenters. The molecular formula is C11H12FN5O2. The molecule has 1 aromatic carbocycles.